The summed E-state index contributed by atoms with van der Waals surface area (Å²) in [5.74, 6) is 1.33. The fourth-order valence-electron chi connectivity index (χ4n) is 5.59. The molecule has 1 heterocycles. The largest absolute Gasteiger partial charge is 0.390 e. The van der Waals surface area contributed by atoms with Crippen LogP contribution in [0.15, 0.2) is 24.5 Å². The molecular weight excluding hydrogens is 264 g/mol. The van der Waals surface area contributed by atoms with E-state index in [0.29, 0.717) is 18.3 Å². The van der Waals surface area contributed by atoms with Crippen molar-refractivity contribution in [3.8, 4) is 0 Å². The lowest BCUT2D eigenvalue weighted by Gasteiger charge is -2.60. The number of amides is 1. The maximum absolute atomic E-state index is 12.4. The van der Waals surface area contributed by atoms with Gasteiger partial charge in [0.2, 0.25) is 5.91 Å². The summed E-state index contributed by atoms with van der Waals surface area (Å²) in [4.78, 5) is 16.3. The highest BCUT2D eigenvalue weighted by atomic mass is 16.3. The monoisotopic (exact) mass is 286 g/mol. The van der Waals surface area contributed by atoms with E-state index in [1.54, 1.807) is 12.4 Å². The first-order valence-corrected chi connectivity index (χ1v) is 7.97. The number of carbonyl (C=O) groups excluding carboxylic acids is 1. The van der Waals surface area contributed by atoms with Gasteiger partial charge in [-0.25, -0.2) is 0 Å². The van der Waals surface area contributed by atoms with E-state index in [1.165, 1.54) is 6.42 Å². The Morgan fingerprint density at radius 2 is 1.90 bits per heavy atom. The van der Waals surface area contributed by atoms with Crippen molar-refractivity contribution in [3.63, 3.8) is 0 Å². The highest BCUT2D eigenvalue weighted by molar-refractivity contribution is 5.91. The van der Waals surface area contributed by atoms with Gasteiger partial charge < -0.3 is 10.4 Å². The van der Waals surface area contributed by atoms with Gasteiger partial charge in [0.1, 0.15) is 0 Å². The van der Waals surface area contributed by atoms with Crippen molar-refractivity contribution in [1.29, 1.82) is 0 Å². The van der Waals surface area contributed by atoms with E-state index in [1.807, 2.05) is 12.1 Å². The van der Waals surface area contributed by atoms with Crippen LogP contribution < -0.4 is 5.32 Å². The summed E-state index contributed by atoms with van der Waals surface area (Å²) < 4.78 is 0. The minimum atomic E-state index is -0.485. The highest BCUT2D eigenvalue weighted by Gasteiger charge is 2.57. The Bertz CT molecular complexity index is 543. The van der Waals surface area contributed by atoms with Crippen LogP contribution in [0.4, 0.5) is 5.69 Å². The number of nitrogens with one attached hydrogen (secondary N) is 1. The molecule has 1 aromatic heterocycles. The molecule has 2 unspecified atom stereocenters. The summed E-state index contributed by atoms with van der Waals surface area (Å²) in [7, 11) is 0. The van der Waals surface area contributed by atoms with Crippen LogP contribution in [0.25, 0.3) is 0 Å². The minimum absolute atomic E-state index is 0.0376. The van der Waals surface area contributed by atoms with Crippen LogP contribution in [-0.2, 0) is 4.79 Å². The summed E-state index contributed by atoms with van der Waals surface area (Å²) in [6.45, 7) is 0. The number of rotatable bonds is 3. The van der Waals surface area contributed by atoms with Crippen molar-refractivity contribution < 1.29 is 9.90 Å². The summed E-state index contributed by atoms with van der Waals surface area (Å²) in [5, 5.41) is 13.7. The third-order valence-corrected chi connectivity index (χ3v) is 5.65. The predicted molar refractivity (Wildman–Crippen MR) is 79.5 cm³/mol. The number of carbonyl (C=O) groups is 1. The van der Waals surface area contributed by atoms with Crippen molar-refractivity contribution in [2.75, 3.05) is 5.32 Å². The van der Waals surface area contributed by atoms with Gasteiger partial charge in [0, 0.05) is 24.5 Å². The number of aromatic nitrogens is 1. The summed E-state index contributed by atoms with van der Waals surface area (Å²) in [6, 6.07) is 3.62. The molecule has 0 spiro atoms. The highest BCUT2D eigenvalue weighted by Crippen LogP contribution is 2.62. The fraction of sp³-hybridized carbons (Fsp3) is 0.647. The lowest BCUT2D eigenvalue weighted by atomic mass is 9.47. The van der Waals surface area contributed by atoms with Crippen molar-refractivity contribution in [2.24, 2.45) is 17.3 Å². The molecule has 0 radical (unpaired) electrons. The van der Waals surface area contributed by atoms with E-state index in [4.69, 9.17) is 0 Å². The molecule has 0 saturated heterocycles. The molecule has 4 aliphatic rings. The molecule has 4 heteroatoms. The Morgan fingerprint density at radius 3 is 2.52 bits per heavy atom. The van der Waals surface area contributed by atoms with Gasteiger partial charge in [-0.2, -0.15) is 0 Å². The molecule has 2 N–H and O–H groups in total. The lowest BCUT2D eigenvalue weighted by Crippen LogP contribution is -2.56. The molecule has 4 saturated carbocycles. The number of aliphatic hydroxyl groups is 1. The number of nitrogens with zero attached hydrogens (tertiary/aromatic N) is 1. The van der Waals surface area contributed by atoms with Gasteiger partial charge in [-0.1, -0.05) is 0 Å². The average molecular weight is 286 g/mol. The number of hydrogen-bond acceptors (Lipinski definition) is 3. The fourth-order valence-corrected chi connectivity index (χ4v) is 5.59. The standard InChI is InChI=1S/C17H22N2O2/c20-15(19-14-1-3-18-4-2-14)10-16-6-12-5-13(7-16)9-17(21,8-12)11-16/h1-4,12-13,21H,5-11H2,(H,18,19,20). The summed E-state index contributed by atoms with van der Waals surface area (Å²) >= 11 is 0. The minimum Gasteiger partial charge on any atom is -0.390 e. The third kappa shape index (κ3) is 2.46. The Morgan fingerprint density at radius 1 is 1.24 bits per heavy atom. The van der Waals surface area contributed by atoms with E-state index in [0.717, 1.165) is 37.8 Å². The quantitative estimate of drug-likeness (QED) is 0.898. The molecule has 112 valence electrons. The topological polar surface area (TPSA) is 62.2 Å². The van der Waals surface area contributed by atoms with Crippen LogP contribution in [0, 0.1) is 17.3 Å². The lowest BCUT2D eigenvalue weighted by molar-refractivity contribution is -0.167. The maximum atomic E-state index is 12.4. The van der Waals surface area contributed by atoms with Crippen LogP contribution in [0.1, 0.15) is 44.9 Å². The zero-order chi connectivity index (χ0) is 14.5. The number of hydrogen-bond donors (Lipinski definition) is 2. The zero-order valence-electron chi connectivity index (χ0n) is 12.2. The zero-order valence-corrected chi connectivity index (χ0v) is 12.2. The van der Waals surface area contributed by atoms with Crippen LogP contribution in [0.3, 0.4) is 0 Å². The second-order valence-electron chi connectivity index (χ2n) is 7.65. The van der Waals surface area contributed by atoms with Gasteiger partial charge in [0.05, 0.1) is 5.60 Å². The van der Waals surface area contributed by atoms with E-state index in [9.17, 15) is 9.90 Å². The van der Waals surface area contributed by atoms with Crippen LogP contribution in [-0.4, -0.2) is 21.6 Å². The van der Waals surface area contributed by atoms with E-state index in [-0.39, 0.29) is 11.3 Å². The third-order valence-electron chi connectivity index (χ3n) is 5.65. The first kappa shape index (κ1) is 13.3. The predicted octanol–water partition coefficient (Wildman–Crippen LogP) is 2.74. The van der Waals surface area contributed by atoms with Crippen LogP contribution in [0.5, 0.6) is 0 Å². The Kier molecular flexibility index (Phi) is 2.86. The molecule has 4 fully saturated rings. The molecule has 0 aromatic carbocycles. The van der Waals surface area contributed by atoms with Crippen molar-refractivity contribution in [3.05, 3.63) is 24.5 Å². The van der Waals surface area contributed by atoms with Crippen molar-refractivity contribution in [1.82, 2.24) is 4.98 Å². The van der Waals surface area contributed by atoms with Crippen molar-refractivity contribution in [2.45, 2.75) is 50.5 Å². The van der Waals surface area contributed by atoms with Crippen molar-refractivity contribution >= 4 is 11.6 Å². The molecule has 21 heavy (non-hydrogen) atoms. The van der Waals surface area contributed by atoms with Gasteiger partial charge in [-0.3, -0.25) is 9.78 Å². The SMILES string of the molecule is O=C(CC12CC3CC(CC(O)(C3)C1)C2)Nc1ccncc1. The van der Waals surface area contributed by atoms with Gasteiger partial charge in [-0.05, 0) is 67.9 Å². The first-order chi connectivity index (χ1) is 10.0. The Balaban J connectivity index is 1.48. The average Bonchev–Trinajstić information content (AvgIpc) is 2.35. The number of pyridine rings is 1. The molecule has 4 bridgehead atoms. The van der Waals surface area contributed by atoms with Gasteiger partial charge in [0.15, 0.2) is 0 Å². The Hall–Kier alpha value is -1.42. The molecule has 4 nitrogen and oxygen atoms in total. The number of anilines is 1. The molecule has 4 aliphatic carbocycles. The van der Waals surface area contributed by atoms with Gasteiger partial charge >= 0.3 is 0 Å². The molecular formula is C17H22N2O2. The summed E-state index contributed by atoms with van der Waals surface area (Å²) in [6.07, 6.45) is 10.1. The molecule has 5 rings (SSSR count). The molecule has 1 aromatic rings. The summed E-state index contributed by atoms with van der Waals surface area (Å²) in [5.41, 5.74) is 0.357. The second kappa shape index (κ2) is 4.54. The van der Waals surface area contributed by atoms with E-state index in [2.05, 4.69) is 10.3 Å². The smallest absolute Gasteiger partial charge is 0.224 e. The maximum Gasteiger partial charge on any atom is 0.224 e. The Labute approximate surface area is 125 Å². The van der Waals surface area contributed by atoms with Gasteiger partial charge in [-0.15, -0.1) is 0 Å². The van der Waals surface area contributed by atoms with Crippen LogP contribution in [0.2, 0.25) is 0 Å². The normalized spacial score (nSPS) is 40.2. The molecule has 1 amide bonds. The van der Waals surface area contributed by atoms with E-state index >= 15 is 0 Å². The van der Waals surface area contributed by atoms with E-state index < -0.39 is 5.60 Å². The first-order valence-electron chi connectivity index (χ1n) is 7.97. The van der Waals surface area contributed by atoms with Gasteiger partial charge in [0.25, 0.3) is 0 Å². The molecule has 0 aliphatic heterocycles. The molecule has 2 atom stereocenters. The second-order valence-corrected chi connectivity index (χ2v) is 7.65. The van der Waals surface area contributed by atoms with Crippen LogP contribution >= 0.6 is 0 Å².